The Labute approximate surface area is 218 Å². The second-order valence-corrected chi connectivity index (χ2v) is 10.8. The lowest BCUT2D eigenvalue weighted by Gasteiger charge is -2.43. The third-order valence-corrected chi connectivity index (χ3v) is 7.40. The number of carbonyl (C=O) groups is 3. The molecule has 2 fully saturated rings. The van der Waals surface area contributed by atoms with Crippen molar-refractivity contribution in [2.45, 2.75) is 50.8 Å². The Balaban J connectivity index is 1.54. The molecule has 4 rings (SSSR count). The van der Waals surface area contributed by atoms with Gasteiger partial charge in [-0.2, -0.15) is 0 Å². The first-order valence-corrected chi connectivity index (χ1v) is 12.8. The van der Waals surface area contributed by atoms with E-state index >= 15 is 0 Å². The van der Waals surface area contributed by atoms with Gasteiger partial charge in [0.15, 0.2) is 0 Å². The number of likely N-dealkylation sites (N-methyl/N-ethyl adjacent to an activating group) is 1. The summed E-state index contributed by atoms with van der Waals surface area (Å²) in [5.74, 6) is -0.731. The summed E-state index contributed by atoms with van der Waals surface area (Å²) in [6, 6.07) is 12.6. The van der Waals surface area contributed by atoms with Crippen LogP contribution in [0.2, 0.25) is 0 Å². The number of hydrogen-bond acceptors (Lipinski definition) is 6. The molecular formula is C28H37N5O4. The first-order valence-electron chi connectivity index (χ1n) is 12.8. The molecule has 9 nitrogen and oxygen atoms in total. The first-order chi connectivity index (χ1) is 17.6. The molecule has 3 atom stereocenters. The molecule has 2 aliphatic rings. The molecule has 37 heavy (non-hydrogen) atoms. The van der Waals surface area contributed by atoms with Gasteiger partial charge in [0.05, 0.1) is 24.2 Å². The number of nitrogens with one attached hydrogen (secondary N) is 1. The number of nitrogens with two attached hydrogens (primary N) is 1. The van der Waals surface area contributed by atoms with E-state index in [1.807, 2.05) is 55.7 Å². The number of nitrogens with zero attached hydrogens (tertiary/aromatic N) is 3. The van der Waals surface area contributed by atoms with Crippen LogP contribution in [0.5, 0.6) is 0 Å². The third-order valence-electron chi connectivity index (χ3n) is 7.40. The van der Waals surface area contributed by atoms with Crippen molar-refractivity contribution >= 4 is 17.7 Å². The number of rotatable bonds is 8. The van der Waals surface area contributed by atoms with E-state index in [4.69, 9.17) is 10.5 Å². The summed E-state index contributed by atoms with van der Waals surface area (Å²) in [4.78, 5) is 47.8. The van der Waals surface area contributed by atoms with E-state index in [0.717, 1.165) is 11.1 Å². The molecule has 2 aromatic rings. The van der Waals surface area contributed by atoms with Crippen LogP contribution in [0.3, 0.4) is 0 Å². The van der Waals surface area contributed by atoms with Gasteiger partial charge in [-0.05, 0) is 43.9 Å². The van der Waals surface area contributed by atoms with Crippen molar-refractivity contribution in [1.29, 1.82) is 0 Å². The van der Waals surface area contributed by atoms with Gasteiger partial charge in [0.2, 0.25) is 17.7 Å². The van der Waals surface area contributed by atoms with E-state index < -0.39 is 22.9 Å². The van der Waals surface area contributed by atoms with E-state index in [1.54, 1.807) is 29.8 Å². The Morgan fingerprint density at radius 2 is 2.00 bits per heavy atom. The van der Waals surface area contributed by atoms with Gasteiger partial charge in [-0.1, -0.05) is 36.4 Å². The number of likely N-dealkylation sites (tertiary alicyclic amines) is 2. The molecule has 0 aliphatic carbocycles. The zero-order valence-corrected chi connectivity index (χ0v) is 21.9. The molecule has 3 amide bonds. The lowest BCUT2D eigenvalue weighted by molar-refractivity contribution is -0.147. The Kier molecular flexibility index (Phi) is 7.94. The SMILES string of the molecule is CN1CC(c2cccnc2)C2(CCCN(C(=O)[C@@H](COCc3ccccc3)NC(=O)C(C)(C)N)C2)C1=O. The van der Waals surface area contributed by atoms with Crippen molar-refractivity contribution in [2.75, 3.05) is 33.3 Å². The fraction of sp³-hybridized carbons (Fsp3) is 0.500. The molecular weight excluding hydrogens is 470 g/mol. The zero-order chi connectivity index (χ0) is 26.6. The summed E-state index contributed by atoms with van der Waals surface area (Å²) < 4.78 is 5.87. The number of piperidine rings is 1. The number of carbonyl (C=O) groups excluding carboxylic acids is 3. The van der Waals surface area contributed by atoms with E-state index in [1.165, 1.54) is 0 Å². The monoisotopic (exact) mass is 507 g/mol. The van der Waals surface area contributed by atoms with Crippen LogP contribution in [-0.4, -0.2) is 77.4 Å². The van der Waals surface area contributed by atoms with Crippen LogP contribution < -0.4 is 11.1 Å². The second-order valence-electron chi connectivity index (χ2n) is 10.8. The maximum atomic E-state index is 13.8. The Morgan fingerprint density at radius 1 is 1.24 bits per heavy atom. The highest BCUT2D eigenvalue weighted by molar-refractivity contribution is 5.92. The van der Waals surface area contributed by atoms with Gasteiger partial charge >= 0.3 is 0 Å². The van der Waals surface area contributed by atoms with Gasteiger partial charge in [-0.25, -0.2) is 0 Å². The molecule has 0 saturated carbocycles. The zero-order valence-electron chi connectivity index (χ0n) is 21.9. The van der Waals surface area contributed by atoms with Crippen molar-refractivity contribution in [3.8, 4) is 0 Å². The van der Waals surface area contributed by atoms with E-state index in [0.29, 0.717) is 32.5 Å². The van der Waals surface area contributed by atoms with Gasteiger partial charge < -0.3 is 25.6 Å². The lowest BCUT2D eigenvalue weighted by Crippen LogP contribution is -2.60. The van der Waals surface area contributed by atoms with Crippen LogP contribution >= 0.6 is 0 Å². The standard InChI is InChI=1S/C28H37N5O4/c1-27(2,29)25(35)31-23(18-37-17-20-9-5-4-6-10-20)24(34)33-14-8-12-28(19-33)22(16-32(3)26(28)36)21-11-7-13-30-15-21/h4-7,9-11,13,15,22-23H,8,12,14,16-19,29H2,1-3H3,(H,31,35)/t22?,23-,28?/m1/s1. The number of hydrogen-bond donors (Lipinski definition) is 2. The number of amides is 3. The van der Waals surface area contributed by atoms with Crippen LogP contribution in [0.15, 0.2) is 54.9 Å². The average molecular weight is 508 g/mol. The Hall–Kier alpha value is -3.30. The molecule has 2 saturated heterocycles. The number of aromatic nitrogens is 1. The van der Waals surface area contributed by atoms with Gasteiger partial charge in [0.1, 0.15) is 6.04 Å². The molecule has 0 bridgehead atoms. The third kappa shape index (κ3) is 5.83. The highest BCUT2D eigenvalue weighted by Gasteiger charge is 2.56. The second kappa shape index (κ2) is 11.0. The fourth-order valence-electron chi connectivity index (χ4n) is 5.41. The molecule has 1 aromatic carbocycles. The lowest BCUT2D eigenvalue weighted by atomic mass is 9.69. The van der Waals surface area contributed by atoms with Gasteiger partial charge in [-0.3, -0.25) is 19.4 Å². The first kappa shape index (κ1) is 26.8. The molecule has 1 spiro atoms. The minimum absolute atomic E-state index is 0.00106. The summed E-state index contributed by atoms with van der Waals surface area (Å²) >= 11 is 0. The maximum Gasteiger partial charge on any atom is 0.247 e. The summed E-state index contributed by atoms with van der Waals surface area (Å²) in [6.45, 7) is 4.86. The van der Waals surface area contributed by atoms with E-state index in [-0.39, 0.29) is 30.9 Å². The van der Waals surface area contributed by atoms with Gasteiger partial charge in [0.25, 0.3) is 0 Å². The highest BCUT2D eigenvalue weighted by atomic mass is 16.5. The molecule has 3 N–H and O–H groups in total. The van der Waals surface area contributed by atoms with E-state index in [2.05, 4.69) is 10.3 Å². The maximum absolute atomic E-state index is 13.8. The van der Waals surface area contributed by atoms with Crippen molar-refractivity contribution in [3.05, 3.63) is 66.0 Å². The number of pyridine rings is 1. The van der Waals surface area contributed by atoms with E-state index in [9.17, 15) is 14.4 Å². The highest BCUT2D eigenvalue weighted by Crippen LogP contribution is 2.49. The van der Waals surface area contributed by atoms with Crippen LogP contribution in [-0.2, 0) is 25.7 Å². The molecule has 0 radical (unpaired) electrons. The van der Waals surface area contributed by atoms with Gasteiger partial charge in [-0.15, -0.1) is 0 Å². The normalized spacial score (nSPS) is 22.8. The summed E-state index contributed by atoms with van der Waals surface area (Å²) in [6.07, 6.45) is 4.91. The summed E-state index contributed by atoms with van der Waals surface area (Å²) in [5, 5.41) is 2.80. The van der Waals surface area contributed by atoms with Gasteiger partial charge in [0, 0.05) is 45.0 Å². The smallest absolute Gasteiger partial charge is 0.247 e. The molecule has 2 unspecified atom stereocenters. The molecule has 3 heterocycles. The van der Waals surface area contributed by atoms with Crippen molar-refractivity contribution in [3.63, 3.8) is 0 Å². The van der Waals surface area contributed by atoms with Crippen molar-refractivity contribution in [2.24, 2.45) is 11.1 Å². The molecule has 198 valence electrons. The Bertz CT molecular complexity index is 1100. The number of ether oxygens (including phenoxy) is 1. The minimum Gasteiger partial charge on any atom is -0.374 e. The molecule has 2 aliphatic heterocycles. The predicted molar refractivity (Wildman–Crippen MR) is 139 cm³/mol. The average Bonchev–Trinajstić information content (AvgIpc) is 3.13. The minimum atomic E-state index is -1.16. The molecule has 1 aromatic heterocycles. The quantitative estimate of drug-likeness (QED) is 0.562. The predicted octanol–water partition coefficient (Wildman–Crippen LogP) is 1.68. The number of benzene rings is 1. The molecule has 9 heteroatoms. The van der Waals surface area contributed by atoms with Crippen molar-refractivity contribution in [1.82, 2.24) is 20.1 Å². The largest absolute Gasteiger partial charge is 0.374 e. The Morgan fingerprint density at radius 3 is 2.68 bits per heavy atom. The van der Waals surface area contributed by atoms with Crippen LogP contribution in [0, 0.1) is 5.41 Å². The topological polar surface area (TPSA) is 118 Å². The van der Waals surface area contributed by atoms with Crippen molar-refractivity contribution < 1.29 is 19.1 Å². The summed E-state index contributed by atoms with van der Waals surface area (Å²) in [5.41, 5.74) is 6.09. The van der Waals surface area contributed by atoms with Crippen LogP contribution in [0.1, 0.15) is 43.7 Å². The summed E-state index contributed by atoms with van der Waals surface area (Å²) in [7, 11) is 1.81. The van der Waals surface area contributed by atoms with Crippen LogP contribution in [0.4, 0.5) is 0 Å². The fourth-order valence-corrected chi connectivity index (χ4v) is 5.41. The van der Waals surface area contributed by atoms with Crippen LogP contribution in [0.25, 0.3) is 0 Å².